The maximum absolute atomic E-state index is 13.0. The minimum Gasteiger partial charge on any atom is -0.388 e. The Kier molecular flexibility index (Phi) is 5.07. The molecule has 0 fully saturated rings. The predicted octanol–water partition coefficient (Wildman–Crippen LogP) is 2.86. The van der Waals surface area contributed by atoms with Crippen LogP contribution in [0.4, 0.5) is 10.1 Å². The standard InChI is InChI=1S/C19H16FN3O3/c1-2-12-22(16-6-4-3-5-7-16)17(24)13-23-19(25)26-18(21-23)14-8-10-15(20)11-9-14/h2-11H,1,12-13H2. The van der Waals surface area contributed by atoms with Crippen LogP contribution in [-0.2, 0) is 11.3 Å². The maximum atomic E-state index is 13.0. The largest absolute Gasteiger partial charge is 0.437 e. The Bertz CT molecular complexity index is 962. The van der Waals surface area contributed by atoms with Crippen molar-refractivity contribution in [1.82, 2.24) is 9.78 Å². The van der Waals surface area contributed by atoms with Crippen LogP contribution in [0.25, 0.3) is 11.5 Å². The van der Waals surface area contributed by atoms with Crippen LogP contribution < -0.4 is 10.7 Å². The number of anilines is 1. The second-order valence-corrected chi connectivity index (χ2v) is 5.47. The van der Waals surface area contributed by atoms with Crippen molar-refractivity contribution in [3.63, 3.8) is 0 Å². The van der Waals surface area contributed by atoms with E-state index in [1.807, 2.05) is 18.2 Å². The molecule has 0 aliphatic heterocycles. The summed E-state index contributed by atoms with van der Waals surface area (Å²) in [4.78, 5) is 26.1. The topological polar surface area (TPSA) is 68.3 Å². The highest BCUT2D eigenvalue weighted by Gasteiger charge is 2.18. The predicted molar refractivity (Wildman–Crippen MR) is 95.1 cm³/mol. The van der Waals surface area contributed by atoms with E-state index in [0.717, 1.165) is 4.68 Å². The molecule has 0 saturated carbocycles. The first-order valence-corrected chi connectivity index (χ1v) is 7.88. The van der Waals surface area contributed by atoms with Crippen molar-refractivity contribution < 1.29 is 13.6 Å². The van der Waals surface area contributed by atoms with Crippen LogP contribution in [0.15, 0.2) is 76.5 Å². The van der Waals surface area contributed by atoms with Gasteiger partial charge in [-0.25, -0.2) is 9.18 Å². The van der Waals surface area contributed by atoms with Gasteiger partial charge in [-0.05, 0) is 36.4 Å². The molecule has 0 unspecified atom stereocenters. The first-order chi connectivity index (χ1) is 12.6. The lowest BCUT2D eigenvalue weighted by Gasteiger charge is -2.20. The van der Waals surface area contributed by atoms with Gasteiger partial charge >= 0.3 is 5.76 Å². The lowest BCUT2D eigenvalue weighted by molar-refractivity contribution is -0.119. The smallest absolute Gasteiger partial charge is 0.388 e. The molecule has 0 bridgehead atoms. The third-order valence-electron chi connectivity index (χ3n) is 3.66. The number of carbonyl (C=O) groups is 1. The quantitative estimate of drug-likeness (QED) is 0.639. The van der Waals surface area contributed by atoms with E-state index in [9.17, 15) is 14.0 Å². The van der Waals surface area contributed by atoms with Crippen LogP contribution in [0.5, 0.6) is 0 Å². The molecular weight excluding hydrogens is 337 g/mol. The minimum atomic E-state index is -0.760. The van der Waals surface area contributed by atoms with Crippen LogP contribution in [0.2, 0.25) is 0 Å². The third-order valence-corrected chi connectivity index (χ3v) is 3.66. The van der Waals surface area contributed by atoms with Crippen LogP contribution in [-0.4, -0.2) is 22.2 Å². The number of aromatic nitrogens is 2. The molecule has 1 amide bonds. The molecule has 1 aromatic heterocycles. The Morgan fingerprint density at radius 1 is 1.19 bits per heavy atom. The summed E-state index contributed by atoms with van der Waals surface area (Å²) in [7, 11) is 0. The number of benzene rings is 2. The molecule has 26 heavy (non-hydrogen) atoms. The van der Waals surface area contributed by atoms with Gasteiger partial charge in [-0.1, -0.05) is 24.3 Å². The average molecular weight is 353 g/mol. The first-order valence-electron chi connectivity index (χ1n) is 7.88. The molecule has 6 nitrogen and oxygen atoms in total. The zero-order valence-electron chi connectivity index (χ0n) is 13.8. The second kappa shape index (κ2) is 7.60. The van der Waals surface area contributed by atoms with Crippen molar-refractivity contribution in [1.29, 1.82) is 0 Å². The molecule has 132 valence electrons. The number of amides is 1. The molecule has 3 aromatic rings. The molecule has 2 aromatic carbocycles. The van der Waals surface area contributed by atoms with Gasteiger partial charge in [0.15, 0.2) is 0 Å². The van der Waals surface area contributed by atoms with Gasteiger partial charge < -0.3 is 9.32 Å². The molecule has 0 spiro atoms. The van der Waals surface area contributed by atoms with E-state index in [-0.39, 0.29) is 18.3 Å². The molecule has 0 aliphatic rings. The highest BCUT2D eigenvalue weighted by atomic mass is 19.1. The third kappa shape index (κ3) is 3.77. The van der Waals surface area contributed by atoms with E-state index in [2.05, 4.69) is 11.7 Å². The molecule has 0 aliphatic carbocycles. The monoisotopic (exact) mass is 353 g/mol. The number of nitrogens with zero attached hydrogens (tertiary/aromatic N) is 3. The summed E-state index contributed by atoms with van der Waals surface area (Å²) in [5, 5.41) is 4.03. The van der Waals surface area contributed by atoms with Gasteiger partial charge in [-0.3, -0.25) is 4.79 Å². The van der Waals surface area contributed by atoms with E-state index in [4.69, 9.17) is 4.42 Å². The Morgan fingerprint density at radius 3 is 2.54 bits per heavy atom. The van der Waals surface area contributed by atoms with Crippen LogP contribution in [0.3, 0.4) is 0 Å². The molecule has 1 heterocycles. The van der Waals surface area contributed by atoms with Gasteiger partial charge in [-0.15, -0.1) is 11.7 Å². The van der Waals surface area contributed by atoms with Gasteiger partial charge in [0.25, 0.3) is 0 Å². The Hall–Kier alpha value is -3.48. The Balaban J connectivity index is 1.83. The zero-order chi connectivity index (χ0) is 18.5. The van der Waals surface area contributed by atoms with E-state index >= 15 is 0 Å². The van der Waals surface area contributed by atoms with Crippen molar-refractivity contribution in [3.8, 4) is 11.5 Å². The lowest BCUT2D eigenvalue weighted by atomic mass is 10.2. The Labute approximate surface area is 148 Å². The van der Waals surface area contributed by atoms with Crippen molar-refractivity contribution in [2.45, 2.75) is 6.54 Å². The molecule has 0 N–H and O–H groups in total. The van der Waals surface area contributed by atoms with Crippen LogP contribution in [0, 0.1) is 5.82 Å². The number of halogens is 1. The number of para-hydroxylation sites is 1. The molecular formula is C19H16FN3O3. The minimum absolute atomic E-state index is 0.0257. The summed E-state index contributed by atoms with van der Waals surface area (Å²) >= 11 is 0. The lowest BCUT2D eigenvalue weighted by Crippen LogP contribution is -2.36. The fourth-order valence-corrected chi connectivity index (χ4v) is 2.42. The molecule has 0 saturated heterocycles. The first kappa shape index (κ1) is 17.3. The van der Waals surface area contributed by atoms with E-state index < -0.39 is 11.6 Å². The van der Waals surface area contributed by atoms with Crippen LogP contribution >= 0.6 is 0 Å². The van der Waals surface area contributed by atoms with Gasteiger partial charge in [0.1, 0.15) is 12.4 Å². The number of hydrogen-bond donors (Lipinski definition) is 0. The summed E-state index contributed by atoms with van der Waals surface area (Å²) in [5.41, 5.74) is 1.13. The summed E-state index contributed by atoms with van der Waals surface area (Å²) in [6.07, 6.45) is 1.60. The number of hydrogen-bond acceptors (Lipinski definition) is 4. The molecule has 0 atom stereocenters. The fourth-order valence-electron chi connectivity index (χ4n) is 2.42. The highest BCUT2D eigenvalue weighted by Crippen LogP contribution is 2.16. The van der Waals surface area contributed by atoms with Gasteiger partial charge in [0.05, 0.1) is 0 Å². The van der Waals surface area contributed by atoms with Crippen molar-refractivity contribution in [2.75, 3.05) is 11.4 Å². The molecule has 3 rings (SSSR count). The molecule has 7 heteroatoms. The average Bonchev–Trinajstić information content (AvgIpc) is 3.01. The van der Waals surface area contributed by atoms with E-state index in [1.54, 1.807) is 18.2 Å². The SMILES string of the molecule is C=CCN(C(=O)Cn1nc(-c2ccc(F)cc2)oc1=O)c1ccccc1. The highest BCUT2D eigenvalue weighted by molar-refractivity contribution is 5.93. The molecule has 0 radical (unpaired) electrons. The van der Waals surface area contributed by atoms with Crippen molar-refractivity contribution in [3.05, 3.63) is 83.6 Å². The van der Waals surface area contributed by atoms with Crippen molar-refractivity contribution >= 4 is 11.6 Å². The summed E-state index contributed by atoms with van der Waals surface area (Å²) in [6.45, 7) is 3.66. The van der Waals surface area contributed by atoms with Gasteiger partial charge in [-0.2, -0.15) is 4.68 Å². The summed E-state index contributed by atoms with van der Waals surface area (Å²) < 4.78 is 19.0. The van der Waals surface area contributed by atoms with E-state index in [0.29, 0.717) is 17.8 Å². The number of carbonyl (C=O) groups excluding carboxylic acids is 1. The second-order valence-electron chi connectivity index (χ2n) is 5.47. The fraction of sp³-hybridized carbons (Fsp3) is 0.105. The Morgan fingerprint density at radius 2 is 1.88 bits per heavy atom. The van der Waals surface area contributed by atoms with Crippen molar-refractivity contribution in [2.24, 2.45) is 0 Å². The summed E-state index contributed by atoms with van der Waals surface area (Å²) in [6, 6.07) is 14.4. The normalized spacial score (nSPS) is 10.5. The van der Waals surface area contributed by atoms with Gasteiger partial charge in [0, 0.05) is 17.8 Å². The van der Waals surface area contributed by atoms with Gasteiger partial charge in [0.2, 0.25) is 11.8 Å². The maximum Gasteiger partial charge on any atom is 0.437 e. The number of rotatable bonds is 6. The van der Waals surface area contributed by atoms with E-state index in [1.165, 1.54) is 29.2 Å². The van der Waals surface area contributed by atoms with Crippen LogP contribution in [0.1, 0.15) is 0 Å². The zero-order valence-corrected chi connectivity index (χ0v) is 13.8. The summed E-state index contributed by atoms with van der Waals surface area (Å²) in [5.74, 6) is -1.48.